The third-order valence-corrected chi connectivity index (χ3v) is 3.97. The van der Waals surface area contributed by atoms with Crippen LogP contribution in [0.15, 0.2) is 48.5 Å². The number of esters is 1. The van der Waals surface area contributed by atoms with Crippen molar-refractivity contribution in [3.05, 3.63) is 54.2 Å². The van der Waals surface area contributed by atoms with Gasteiger partial charge in [-0.1, -0.05) is 12.1 Å². The summed E-state index contributed by atoms with van der Waals surface area (Å²) in [6.45, 7) is 1.98. The Bertz CT molecular complexity index is 925. The number of hydrogen-bond acceptors (Lipinski definition) is 7. The van der Waals surface area contributed by atoms with Crippen molar-refractivity contribution >= 4 is 5.97 Å². The van der Waals surface area contributed by atoms with Crippen LogP contribution >= 0.6 is 0 Å². The molecule has 7 heteroatoms. The van der Waals surface area contributed by atoms with Crippen LogP contribution in [0.25, 0.3) is 22.4 Å². The second-order valence-corrected chi connectivity index (χ2v) is 5.54. The molecule has 3 rings (SSSR count). The van der Waals surface area contributed by atoms with E-state index in [2.05, 4.69) is 15.4 Å². The number of rotatable bonds is 6. The van der Waals surface area contributed by atoms with Crippen molar-refractivity contribution in [3.63, 3.8) is 0 Å². The lowest BCUT2D eigenvalue weighted by molar-refractivity contribution is 0.0518. The summed E-state index contributed by atoms with van der Waals surface area (Å²) in [5.41, 5.74) is 2.73. The molecule has 0 fully saturated rings. The zero-order valence-corrected chi connectivity index (χ0v) is 15.3. The summed E-state index contributed by atoms with van der Waals surface area (Å²) < 4.78 is 15.6. The van der Waals surface area contributed by atoms with Gasteiger partial charge >= 0.3 is 5.97 Å². The van der Waals surface area contributed by atoms with E-state index in [4.69, 9.17) is 14.2 Å². The molecule has 0 amide bonds. The van der Waals surface area contributed by atoms with Crippen LogP contribution in [-0.4, -0.2) is 42.2 Å². The normalized spacial score (nSPS) is 10.3. The van der Waals surface area contributed by atoms with Gasteiger partial charge in [0.1, 0.15) is 17.2 Å². The monoisotopic (exact) mass is 365 g/mol. The predicted molar refractivity (Wildman–Crippen MR) is 99.8 cm³/mol. The Hall–Kier alpha value is -3.48. The highest BCUT2D eigenvalue weighted by Crippen LogP contribution is 2.34. The van der Waals surface area contributed by atoms with Gasteiger partial charge in [0, 0.05) is 11.1 Å². The Kier molecular flexibility index (Phi) is 5.61. The molecular weight excluding hydrogens is 346 g/mol. The summed E-state index contributed by atoms with van der Waals surface area (Å²) in [5.74, 6) is 0.878. The largest absolute Gasteiger partial charge is 0.497 e. The highest BCUT2D eigenvalue weighted by molar-refractivity contribution is 5.99. The molecule has 0 radical (unpaired) electrons. The van der Waals surface area contributed by atoms with E-state index in [1.165, 1.54) is 0 Å². The second kappa shape index (κ2) is 8.27. The summed E-state index contributed by atoms with van der Waals surface area (Å²) in [7, 11) is 3.19. The molecule has 0 saturated carbocycles. The Morgan fingerprint density at radius 2 is 1.41 bits per heavy atom. The summed E-state index contributed by atoms with van der Waals surface area (Å²) in [6.07, 6.45) is 0. The molecule has 2 aromatic carbocycles. The third-order valence-electron chi connectivity index (χ3n) is 3.97. The van der Waals surface area contributed by atoms with Crippen LogP contribution in [0, 0.1) is 0 Å². The van der Waals surface area contributed by atoms with Crippen molar-refractivity contribution < 1.29 is 19.0 Å². The number of ether oxygens (including phenoxy) is 3. The van der Waals surface area contributed by atoms with E-state index >= 15 is 0 Å². The van der Waals surface area contributed by atoms with Crippen molar-refractivity contribution in [3.8, 4) is 33.9 Å². The molecule has 0 aliphatic carbocycles. The van der Waals surface area contributed by atoms with E-state index in [-0.39, 0.29) is 12.3 Å². The van der Waals surface area contributed by atoms with E-state index in [1.807, 2.05) is 48.5 Å². The van der Waals surface area contributed by atoms with Crippen LogP contribution in [0.1, 0.15) is 17.4 Å². The Morgan fingerprint density at radius 3 is 1.93 bits per heavy atom. The second-order valence-electron chi connectivity index (χ2n) is 5.54. The van der Waals surface area contributed by atoms with Crippen LogP contribution in [0.2, 0.25) is 0 Å². The fraction of sp³-hybridized carbons (Fsp3) is 0.200. The lowest BCUT2D eigenvalue weighted by Crippen LogP contribution is -2.12. The number of nitrogens with zero attached hydrogens (tertiary/aromatic N) is 3. The first-order chi connectivity index (χ1) is 13.2. The highest BCUT2D eigenvalue weighted by atomic mass is 16.5. The molecule has 3 aromatic rings. The Morgan fingerprint density at radius 1 is 0.852 bits per heavy atom. The molecule has 7 nitrogen and oxygen atoms in total. The van der Waals surface area contributed by atoms with Crippen LogP contribution in [0.3, 0.4) is 0 Å². The van der Waals surface area contributed by atoms with Gasteiger partial charge in [-0.25, -0.2) is 4.79 Å². The quantitative estimate of drug-likeness (QED) is 0.619. The Balaban J connectivity index is 2.19. The zero-order chi connectivity index (χ0) is 19.2. The van der Waals surface area contributed by atoms with Crippen molar-refractivity contribution in [2.75, 3.05) is 20.8 Å². The standard InChI is InChI=1S/C20H19N3O4/c1-4-27-20(24)19-17(13-5-9-15(25-2)10-6-13)18(21-23-22-19)14-7-11-16(26-3)12-8-14/h5-12H,4H2,1-3H3. The van der Waals surface area contributed by atoms with E-state index < -0.39 is 5.97 Å². The maximum Gasteiger partial charge on any atom is 0.359 e. The number of carbonyl (C=O) groups is 1. The van der Waals surface area contributed by atoms with Crippen molar-refractivity contribution in [1.29, 1.82) is 0 Å². The number of hydrogen-bond donors (Lipinski definition) is 0. The van der Waals surface area contributed by atoms with Crippen LogP contribution in [0.4, 0.5) is 0 Å². The van der Waals surface area contributed by atoms with Crippen LogP contribution in [-0.2, 0) is 4.74 Å². The zero-order valence-electron chi connectivity index (χ0n) is 15.3. The number of carbonyl (C=O) groups excluding carboxylic acids is 1. The van der Waals surface area contributed by atoms with Gasteiger partial charge in [-0.15, -0.1) is 10.2 Å². The molecule has 0 aliphatic heterocycles. The third kappa shape index (κ3) is 3.87. The lowest BCUT2D eigenvalue weighted by atomic mass is 9.97. The molecule has 27 heavy (non-hydrogen) atoms. The average Bonchev–Trinajstić information content (AvgIpc) is 2.73. The van der Waals surface area contributed by atoms with Gasteiger partial charge in [0.25, 0.3) is 0 Å². The molecule has 138 valence electrons. The van der Waals surface area contributed by atoms with E-state index in [1.54, 1.807) is 21.1 Å². The van der Waals surface area contributed by atoms with Crippen molar-refractivity contribution in [2.24, 2.45) is 0 Å². The summed E-state index contributed by atoms with van der Waals surface area (Å²) in [4.78, 5) is 12.4. The summed E-state index contributed by atoms with van der Waals surface area (Å²) >= 11 is 0. The number of aromatic nitrogens is 3. The fourth-order valence-corrected chi connectivity index (χ4v) is 2.65. The molecule has 0 spiro atoms. The first-order valence-corrected chi connectivity index (χ1v) is 8.37. The molecule has 0 N–H and O–H groups in total. The van der Waals surface area contributed by atoms with Crippen LogP contribution in [0.5, 0.6) is 11.5 Å². The fourth-order valence-electron chi connectivity index (χ4n) is 2.65. The van der Waals surface area contributed by atoms with Gasteiger partial charge in [0.2, 0.25) is 0 Å². The van der Waals surface area contributed by atoms with Crippen molar-refractivity contribution in [2.45, 2.75) is 6.92 Å². The van der Waals surface area contributed by atoms with E-state index in [0.29, 0.717) is 17.0 Å². The minimum absolute atomic E-state index is 0.114. The lowest BCUT2D eigenvalue weighted by Gasteiger charge is -2.12. The maximum absolute atomic E-state index is 12.4. The average molecular weight is 365 g/mol. The summed E-state index contributed by atoms with van der Waals surface area (Å²) in [6, 6.07) is 14.6. The number of benzene rings is 2. The highest BCUT2D eigenvalue weighted by Gasteiger charge is 2.22. The Labute approximate surface area is 156 Å². The topological polar surface area (TPSA) is 83.4 Å². The van der Waals surface area contributed by atoms with Gasteiger partial charge < -0.3 is 14.2 Å². The van der Waals surface area contributed by atoms with Gasteiger partial charge in [-0.2, -0.15) is 0 Å². The van der Waals surface area contributed by atoms with Gasteiger partial charge in [0.15, 0.2) is 5.69 Å². The molecule has 0 unspecified atom stereocenters. The molecule has 1 heterocycles. The van der Waals surface area contributed by atoms with Gasteiger partial charge in [-0.3, -0.25) is 0 Å². The van der Waals surface area contributed by atoms with Gasteiger partial charge in [0.05, 0.1) is 20.8 Å². The maximum atomic E-state index is 12.4. The molecule has 1 aromatic heterocycles. The van der Waals surface area contributed by atoms with Gasteiger partial charge in [-0.05, 0) is 54.1 Å². The minimum Gasteiger partial charge on any atom is -0.497 e. The summed E-state index contributed by atoms with van der Waals surface area (Å²) in [5, 5.41) is 11.9. The smallest absolute Gasteiger partial charge is 0.359 e. The number of methoxy groups -OCH3 is 2. The first kappa shape index (κ1) is 18.3. The minimum atomic E-state index is -0.548. The van der Waals surface area contributed by atoms with Crippen LogP contribution < -0.4 is 9.47 Å². The molecule has 0 saturated heterocycles. The van der Waals surface area contributed by atoms with Crippen molar-refractivity contribution in [1.82, 2.24) is 15.4 Å². The molecule has 0 atom stereocenters. The van der Waals surface area contributed by atoms with E-state index in [0.717, 1.165) is 16.9 Å². The van der Waals surface area contributed by atoms with E-state index in [9.17, 15) is 4.79 Å². The molecule has 0 aliphatic rings. The SMILES string of the molecule is CCOC(=O)c1nnnc(-c2ccc(OC)cc2)c1-c1ccc(OC)cc1. The molecular formula is C20H19N3O4. The predicted octanol–water partition coefficient (Wildman–Crippen LogP) is 3.40. The first-order valence-electron chi connectivity index (χ1n) is 8.37. The molecule has 0 bridgehead atoms.